The predicted molar refractivity (Wildman–Crippen MR) is 221 cm³/mol. The lowest BCUT2D eigenvalue weighted by Gasteiger charge is -2.36. The number of ether oxygens (including phenoxy) is 2. The van der Waals surface area contributed by atoms with Crippen LogP contribution in [-0.4, -0.2) is 113 Å². The van der Waals surface area contributed by atoms with Gasteiger partial charge in [-0.05, 0) is 61.8 Å². The van der Waals surface area contributed by atoms with Gasteiger partial charge in [0.15, 0.2) is 0 Å². The molecule has 7 N–H and O–H groups in total. The van der Waals surface area contributed by atoms with Crippen LogP contribution in [0.5, 0.6) is 0 Å². The predicted octanol–water partition coefficient (Wildman–Crippen LogP) is 2.23. The number of nitro groups is 1. The number of methoxy groups -OCH3 is 1. The lowest BCUT2D eigenvalue weighted by molar-refractivity contribution is -0.384. The Balaban J connectivity index is 1.57. The summed E-state index contributed by atoms with van der Waals surface area (Å²) < 4.78 is 10.2. The Morgan fingerprint density at radius 3 is 2.06 bits per heavy atom. The van der Waals surface area contributed by atoms with Crippen LogP contribution in [0.2, 0.25) is 0 Å². The lowest BCUT2D eigenvalue weighted by atomic mass is 9.81. The molecule has 6 amide bonds. The Hall–Kier alpha value is -5.92. The molecular weight excluding hydrogens is 810 g/mol. The van der Waals surface area contributed by atoms with Gasteiger partial charge in [0, 0.05) is 18.2 Å². The third-order valence-electron chi connectivity index (χ3n) is 11.7. The van der Waals surface area contributed by atoms with Crippen molar-refractivity contribution in [3.8, 4) is 0 Å². The molecule has 340 valence electrons. The van der Waals surface area contributed by atoms with Crippen molar-refractivity contribution in [3.63, 3.8) is 0 Å². The highest BCUT2D eigenvalue weighted by Crippen LogP contribution is 2.30. The first-order valence-corrected chi connectivity index (χ1v) is 21.0. The molecule has 3 fully saturated rings. The molecule has 1 aromatic rings. The highest BCUT2D eigenvalue weighted by Gasteiger charge is 2.45. The smallest absolute Gasteiger partial charge is 0.336 e. The number of carbonyl (C=O) groups is 8. The van der Waals surface area contributed by atoms with Gasteiger partial charge in [0.05, 0.1) is 29.8 Å². The second-order valence-corrected chi connectivity index (χ2v) is 17.1. The van der Waals surface area contributed by atoms with Crippen molar-refractivity contribution in [1.29, 1.82) is 0 Å². The maximum Gasteiger partial charge on any atom is 0.336 e. The van der Waals surface area contributed by atoms with Crippen LogP contribution in [0, 0.1) is 27.4 Å². The Morgan fingerprint density at radius 2 is 1.52 bits per heavy atom. The number of rotatable bonds is 18. The van der Waals surface area contributed by atoms with E-state index in [1.54, 1.807) is 20.8 Å². The number of aromatic carboxylic acids is 1. The van der Waals surface area contributed by atoms with Crippen LogP contribution in [-0.2, 0) is 38.2 Å². The summed E-state index contributed by atoms with van der Waals surface area (Å²) in [5.74, 6) is -7.25. The lowest BCUT2D eigenvalue weighted by Crippen LogP contribution is -2.62. The average Bonchev–Trinajstić information content (AvgIpc) is 3.74. The first-order valence-electron chi connectivity index (χ1n) is 21.0. The van der Waals surface area contributed by atoms with Crippen LogP contribution >= 0.6 is 0 Å². The number of carboxylic acids is 1. The number of allylic oxidation sites excluding steroid dienone is 1. The second kappa shape index (κ2) is 22.3. The fourth-order valence-electron chi connectivity index (χ4n) is 8.22. The van der Waals surface area contributed by atoms with Gasteiger partial charge >= 0.3 is 11.9 Å². The molecule has 1 heterocycles. The summed E-state index contributed by atoms with van der Waals surface area (Å²) in [4.78, 5) is 118. The van der Waals surface area contributed by atoms with E-state index in [4.69, 9.17) is 10.5 Å². The molecule has 0 spiro atoms. The van der Waals surface area contributed by atoms with Crippen LogP contribution in [0.4, 0.5) is 5.69 Å². The molecule has 4 rings (SSSR count). The highest BCUT2D eigenvalue weighted by molar-refractivity contribution is 6.06. The van der Waals surface area contributed by atoms with E-state index in [9.17, 15) is 53.6 Å². The summed E-state index contributed by atoms with van der Waals surface area (Å²) in [5, 5.41) is 32.0. The Morgan fingerprint density at radius 1 is 0.903 bits per heavy atom. The molecule has 20 nitrogen and oxygen atoms in total. The number of carboxylic acid groups (broad SMARTS) is 1. The standard InChI is InChI=1S/C42H59N7O13/c1-42(2,3)34(47-37(53)29(17-11-12-18-31(50)61-4)44-36(52)28-21-26(49(59)60)19-20-27(28)41(57)58)40(56)48-23-62-22-30(48)38(54)46-33(25-15-9-6-10-16-25)39(55)45-32(35(43)51)24-13-7-5-8-14-24/h12,18-21,24-25,29-30,32-34H,5-11,13-17,22-23H2,1-4H3,(H2,43,51)(H,44,52)(H,45,55)(H,46,54)(H,47,53)(H,57,58)/b18-12+/t29-,30-,32-,33-,34+/m0/s1. The first kappa shape index (κ1) is 48.7. The molecule has 0 unspecified atom stereocenters. The molecule has 2 saturated carbocycles. The SMILES string of the molecule is COC(=O)/C=C/CC[C@H](NC(=O)c1cc([N+](=O)[O-])ccc1C(=O)O)C(=O)N[C@H](C(=O)N1COC[C@H]1C(=O)N[C@H](C(=O)N[C@H](C(N)=O)C1CCCCC1)C1CCCCC1)C(C)(C)C. The third-order valence-corrected chi connectivity index (χ3v) is 11.7. The molecular formula is C42H59N7O13. The van der Waals surface area contributed by atoms with Gasteiger partial charge in [0.25, 0.3) is 11.6 Å². The molecule has 5 atom stereocenters. The largest absolute Gasteiger partial charge is 0.478 e. The van der Waals surface area contributed by atoms with Gasteiger partial charge in [0.1, 0.15) is 36.9 Å². The van der Waals surface area contributed by atoms with E-state index >= 15 is 0 Å². The number of nitro benzene ring substituents is 1. The van der Waals surface area contributed by atoms with E-state index in [-0.39, 0.29) is 38.0 Å². The Labute approximate surface area is 359 Å². The number of carbonyl (C=O) groups excluding carboxylic acids is 7. The van der Waals surface area contributed by atoms with Gasteiger partial charge in [-0.2, -0.15) is 0 Å². The number of amides is 6. The Kier molecular flexibility index (Phi) is 17.5. The van der Waals surface area contributed by atoms with Crippen molar-refractivity contribution in [3.05, 3.63) is 51.6 Å². The first-order chi connectivity index (χ1) is 29.3. The number of hydrogen-bond donors (Lipinski definition) is 6. The monoisotopic (exact) mass is 869 g/mol. The maximum atomic E-state index is 14.5. The Bertz CT molecular complexity index is 1880. The normalized spacial score (nSPS) is 19.4. The van der Waals surface area contributed by atoms with Crippen molar-refractivity contribution in [2.75, 3.05) is 20.4 Å². The van der Waals surface area contributed by atoms with E-state index in [0.717, 1.165) is 87.7 Å². The summed E-state index contributed by atoms with van der Waals surface area (Å²) in [5.41, 5.74) is 3.00. The molecule has 0 radical (unpaired) electrons. The molecule has 1 aromatic carbocycles. The molecule has 1 saturated heterocycles. The zero-order valence-corrected chi connectivity index (χ0v) is 35.6. The van der Waals surface area contributed by atoms with Gasteiger partial charge in [-0.25, -0.2) is 9.59 Å². The number of primary amides is 1. The maximum absolute atomic E-state index is 14.5. The zero-order valence-electron chi connectivity index (χ0n) is 35.6. The van der Waals surface area contributed by atoms with E-state index in [1.807, 2.05) is 0 Å². The minimum Gasteiger partial charge on any atom is -0.478 e. The fourth-order valence-corrected chi connectivity index (χ4v) is 8.22. The second-order valence-electron chi connectivity index (χ2n) is 17.1. The van der Waals surface area contributed by atoms with Crippen molar-refractivity contribution in [1.82, 2.24) is 26.2 Å². The number of nitrogens with zero attached hydrogens (tertiary/aromatic N) is 2. The summed E-state index contributed by atoms with van der Waals surface area (Å²) in [6.45, 7) is 4.40. The molecule has 20 heteroatoms. The fraction of sp³-hybridized carbons (Fsp3) is 0.619. The third kappa shape index (κ3) is 13.0. The number of hydrogen-bond acceptors (Lipinski definition) is 12. The number of nitrogens with two attached hydrogens (primary N) is 1. The van der Waals surface area contributed by atoms with E-state index in [2.05, 4.69) is 26.0 Å². The minimum absolute atomic E-state index is 0.00111. The summed E-state index contributed by atoms with van der Waals surface area (Å²) in [7, 11) is 1.16. The zero-order chi connectivity index (χ0) is 45.7. The van der Waals surface area contributed by atoms with Crippen molar-refractivity contribution >= 4 is 53.1 Å². The average molecular weight is 870 g/mol. The molecule has 0 bridgehead atoms. The molecule has 2 aliphatic carbocycles. The molecule has 1 aliphatic heterocycles. The van der Waals surface area contributed by atoms with Gasteiger partial charge in [-0.15, -0.1) is 0 Å². The molecule has 62 heavy (non-hydrogen) atoms. The molecule has 0 aromatic heterocycles. The van der Waals surface area contributed by atoms with E-state index in [1.165, 1.54) is 6.08 Å². The summed E-state index contributed by atoms with van der Waals surface area (Å²) >= 11 is 0. The van der Waals surface area contributed by atoms with E-state index < -0.39 is 105 Å². The van der Waals surface area contributed by atoms with Crippen LogP contribution in [0.1, 0.15) is 119 Å². The van der Waals surface area contributed by atoms with Gasteiger partial charge in [0.2, 0.25) is 29.5 Å². The summed E-state index contributed by atoms with van der Waals surface area (Å²) in [6.07, 6.45) is 10.5. The van der Waals surface area contributed by atoms with Crippen LogP contribution < -0.4 is 27.0 Å². The topological polar surface area (TPSA) is 296 Å². The van der Waals surface area contributed by atoms with Gasteiger partial charge < -0.3 is 46.5 Å². The van der Waals surface area contributed by atoms with Crippen LogP contribution in [0.3, 0.4) is 0 Å². The quantitative estimate of drug-likeness (QED) is 0.0535. The minimum atomic E-state index is -1.56. The summed E-state index contributed by atoms with van der Waals surface area (Å²) in [6, 6.07) is -3.43. The van der Waals surface area contributed by atoms with Gasteiger partial charge in [-0.1, -0.05) is 65.4 Å². The van der Waals surface area contributed by atoms with E-state index in [0.29, 0.717) is 12.8 Å². The number of benzene rings is 1. The van der Waals surface area contributed by atoms with Crippen molar-refractivity contribution in [2.45, 2.75) is 128 Å². The van der Waals surface area contributed by atoms with Crippen molar-refractivity contribution < 1.29 is 57.9 Å². The highest BCUT2D eigenvalue weighted by atomic mass is 16.6. The van der Waals surface area contributed by atoms with Crippen LogP contribution in [0.15, 0.2) is 30.4 Å². The number of esters is 1. The van der Waals surface area contributed by atoms with Crippen molar-refractivity contribution in [2.24, 2.45) is 23.0 Å². The number of nitrogens with one attached hydrogen (secondary N) is 4. The van der Waals surface area contributed by atoms with Crippen LogP contribution in [0.25, 0.3) is 0 Å². The molecule has 3 aliphatic rings. The van der Waals surface area contributed by atoms with Gasteiger partial charge in [-0.3, -0.25) is 38.9 Å². The number of non-ortho nitro benzene ring substituents is 1.